The van der Waals surface area contributed by atoms with Gasteiger partial charge < -0.3 is 4.74 Å². The third kappa shape index (κ3) is 3.44. The quantitative estimate of drug-likeness (QED) is 0.776. The van der Waals surface area contributed by atoms with Gasteiger partial charge in [0.1, 0.15) is 5.78 Å². The second-order valence-corrected chi connectivity index (χ2v) is 7.76. The molecule has 0 bridgehead atoms. The van der Waals surface area contributed by atoms with Gasteiger partial charge in [0.15, 0.2) is 0 Å². The Bertz CT molecular complexity index is 505. The number of carbonyl (C=O) groups is 1. The van der Waals surface area contributed by atoms with Crippen molar-refractivity contribution in [3.63, 3.8) is 0 Å². The fourth-order valence-electron chi connectivity index (χ4n) is 3.03. The van der Waals surface area contributed by atoms with Gasteiger partial charge in [-0.2, -0.15) is 0 Å². The van der Waals surface area contributed by atoms with E-state index in [0.717, 1.165) is 6.42 Å². The molecule has 1 aromatic carbocycles. The van der Waals surface area contributed by atoms with Crippen molar-refractivity contribution in [2.75, 3.05) is 5.75 Å². The lowest BCUT2D eigenvalue weighted by Gasteiger charge is -2.26. The van der Waals surface area contributed by atoms with E-state index in [1.54, 1.807) is 11.8 Å². The van der Waals surface area contributed by atoms with Gasteiger partial charge in [0, 0.05) is 10.8 Å². The number of Topliss-reactive ketones (excluding diaryl/α,β-unsaturated/α-hetero) is 1. The average molecular weight is 292 g/mol. The number of ether oxygens (including phenoxy) is 1. The smallest absolute Gasteiger partial charge is 0.149 e. The third-order valence-corrected chi connectivity index (χ3v) is 5.12. The second kappa shape index (κ2) is 5.53. The molecule has 1 aliphatic heterocycles. The molecule has 110 valence electrons. The highest BCUT2D eigenvalue weighted by Gasteiger charge is 2.48. The van der Waals surface area contributed by atoms with Crippen LogP contribution in [0, 0.1) is 12.8 Å². The van der Waals surface area contributed by atoms with Crippen molar-refractivity contribution in [3.8, 4) is 0 Å². The summed E-state index contributed by atoms with van der Waals surface area (Å²) in [5, 5.41) is 0. The summed E-state index contributed by atoms with van der Waals surface area (Å²) in [4.78, 5) is 13.7. The van der Waals surface area contributed by atoms with Crippen LogP contribution in [0.2, 0.25) is 0 Å². The first-order valence-electron chi connectivity index (χ1n) is 7.13. The minimum Gasteiger partial charge on any atom is -0.369 e. The van der Waals surface area contributed by atoms with Gasteiger partial charge in [-0.25, -0.2) is 0 Å². The zero-order chi connectivity index (χ0) is 15.0. The van der Waals surface area contributed by atoms with Crippen LogP contribution in [0.15, 0.2) is 29.2 Å². The second-order valence-electron chi connectivity index (χ2n) is 6.74. The summed E-state index contributed by atoms with van der Waals surface area (Å²) in [6.07, 6.45) is 0.813. The SMILES string of the molecule is Cc1ccccc1SCC(=O)C1CC(C)(C)OC1(C)C. The number of hydrogen-bond acceptors (Lipinski definition) is 3. The minimum atomic E-state index is -0.354. The predicted octanol–water partition coefficient (Wildman–Crippen LogP) is 4.25. The number of hydrogen-bond donors (Lipinski definition) is 0. The molecule has 0 aromatic heterocycles. The number of thioether (sulfide) groups is 1. The molecule has 0 saturated carbocycles. The van der Waals surface area contributed by atoms with E-state index in [1.165, 1.54) is 10.5 Å². The predicted molar refractivity (Wildman–Crippen MR) is 84.3 cm³/mol. The molecule has 1 saturated heterocycles. The van der Waals surface area contributed by atoms with Gasteiger partial charge in [0.2, 0.25) is 0 Å². The van der Waals surface area contributed by atoms with Crippen molar-refractivity contribution in [1.82, 2.24) is 0 Å². The lowest BCUT2D eigenvalue weighted by molar-refractivity contribution is -0.126. The summed E-state index contributed by atoms with van der Waals surface area (Å²) >= 11 is 1.64. The highest BCUT2D eigenvalue weighted by molar-refractivity contribution is 8.00. The van der Waals surface area contributed by atoms with Gasteiger partial charge in [0.05, 0.1) is 17.0 Å². The fourth-order valence-corrected chi connectivity index (χ4v) is 4.00. The number of benzene rings is 1. The maximum Gasteiger partial charge on any atom is 0.149 e. The molecule has 20 heavy (non-hydrogen) atoms. The highest BCUT2D eigenvalue weighted by Crippen LogP contribution is 2.43. The molecule has 1 fully saturated rings. The summed E-state index contributed by atoms with van der Waals surface area (Å²) in [7, 11) is 0. The van der Waals surface area contributed by atoms with Gasteiger partial charge in [-0.3, -0.25) is 4.79 Å². The normalized spacial score (nSPS) is 23.8. The summed E-state index contributed by atoms with van der Waals surface area (Å²) < 4.78 is 6.02. The molecule has 0 aliphatic carbocycles. The number of rotatable bonds is 4. The van der Waals surface area contributed by atoms with Crippen molar-refractivity contribution in [2.45, 2.75) is 57.1 Å². The Kier molecular flexibility index (Phi) is 4.31. The number of carbonyl (C=O) groups excluding carboxylic acids is 1. The Morgan fingerprint density at radius 1 is 1.30 bits per heavy atom. The molecule has 2 nitrogen and oxygen atoms in total. The van der Waals surface area contributed by atoms with E-state index < -0.39 is 0 Å². The Labute approximate surface area is 126 Å². The molecular weight excluding hydrogens is 268 g/mol. The molecule has 0 amide bonds. The number of aryl methyl sites for hydroxylation is 1. The van der Waals surface area contributed by atoms with E-state index in [-0.39, 0.29) is 17.1 Å². The van der Waals surface area contributed by atoms with Crippen LogP contribution in [-0.4, -0.2) is 22.7 Å². The van der Waals surface area contributed by atoms with E-state index >= 15 is 0 Å². The van der Waals surface area contributed by atoms with Gasteiger partial charge in [0.25, 0.3) is 0 Å². The summed E-state index contributed by atoms with van der Waals surface area (Å²) in [6, 6.07) is 8.20. The fraction of sp³-hybridized carbons (Fsp3) is 0.588. The van der Waals surface area contributed by atoms with Gasteiger partial charge >= 0.3 is 0 Å². The molecule has 1 atom stereocenters. The Hall–Kier alpha value is -0.800. The molecule has 2 rings (SSSR count). The van der Waals surface area contributed by atoms with E-state index in [9.17, 15) is 4.79 Å². The molecule has 1 heterocycles. The molecule has 0 N–H and O–H groups in total. The van der Waals surface area contributed by atoms with E-state index in [1.807, 2.05) is 26.0 Å². The standard InChI is InChI=1S/C17H24O2S/c1-12-8-6-7-9-15(12)20-11-14(18)13-10-16(2,3)19-17(13,4)5/h6-9,13H,10-11H2,1-5H3. The van der Waals surface area contributed by atoms with Crippen LogP contribution in [0.5, 0.6) is 0 Å². The monoisotopic (exact) mass is 292 g/mol. The van der Waals surface area contributed by atoms with Gasteiger partial charge in [-0.15, -0.1) is 11.8 Å². The maximum absolute atomic E-state index is 12.5. The first-order chi connectivity index (χ1) is 9.21. The summed E-state index contributed by atoms with van der Waals surface area (Å²) in [6.45, 7) is 10.3. The van der Waals surface area contributed by atoms with Crippen LogP contribution in [-0.2, 0) is 9.53 Å². The van der Waals surface area contributed by atoms with Crippen LogP contribution in [0.1, 0.15) is 39.7 Å². The molecular formula is C17H24O2S. The van der Waals surface area contributed by atoms with E-state index in [4.69, 9.17) is 4.74 Å². The Morgan fingerprint density at radius 2 is 1.95 bits per heavy atom. The molecule has 1 aromatic rings. The number of ketones is 1. The highest BCUT2D eigenvalue weighted by atomic mass is 32.2. The maximum atomic E-state index is 12.5. The van der Waals surface area contributed by atoms with Crippen molar-refractivity contribution in [3.05, 3.63) is 29.8 Å². The molecule has 0 radical (unpaired) electrons. The Morgan fingerprint density at radius 3 is 2.50 bits per heavy atom. The first kappa shape index (κ1) is 15.6. The van der Waals surface area contributed by atoms with Crippen LogP contribution in [0.4, 0.5) is 0 Å². The van der Waals surface area contributed by atoms with Crippen molar-refractivity contribution < 1.29 is 9.53 Å². The molecule has 3 heteroatoms. The summed E-state index contributed by atoms with van der Waals surface area (Å²) in [5.74, 6) is 0.820. The van der Waals surface area contributed by atoms with Crippen molar-refractivity contribution >= 4 is 17.5 Å². The van der Waals surface area contributed by atoms with Crippen molar-refractivity contribution in [1.29, 1.82) is 0 Å². The Balaban J connectivity index is 2.01. The lowest BCUT2D eigenvalue weighted by atomic mass is 9.84. The molecule has 1 unspecified atom stereocenters. The van der Waals surface area contributed by atoms with Gasteiger partial charge in [-0.1, -0.05) is 18.2 Å². The van der Waals surface area contributed by atoms with Gasteiger partial charge in [-0.05, 0) is 52.7 Å². The topological polar surface area (TPSA) is 26.3 Å². The van der Waals surface area contributed by atoms with Crippen LogP contribution >= 0.6 is 11.8 Å². The lowest BCUT2D eigenvalue weighted by Crippen LogP contribution is -2.34. The third-order valence-electron chi connectivity index (χ3n) is 3.93. The zero-order valence-corrected chi connectivity index (χ0v) is 13.8. The molecule has 0 spiro atoms. The largest absolute Gasteiger partial charge is 0.369 e. The van der Waals surface area contributed by atoms with Crippen LogP contribution < -0.4 is 0 Å². The average Bonchev–Trinajstić information content (AvgIpc) is 2.56. The van der Waals surface area contributed by atoms with E-state index in [2.05, 4.69) is 32.9 Å². The van der Waals surface area contributed by atoms with Crippen LogP contribution in [0.25, 0.3) is 0 Å². The first-order valence-corrected chi connectivity index (χ1v) is 8.11. The van der Waals surface area contributed by atoms with E-state index in [0.29, 0.717) is 11.5 Å². The molecule has 1 aliphatic rings. The summed E-state index contributed by atoms with van der Waals surface area (Å²) in [5.41, 5.74) is 0.678. The van der Waals surface area contributed by atoms with Crippen LogP contribution in [0.3, 0.4) is 0 Å². The van der Waals surface area contributed by atoms with Crippen molar-refractivity contribution in [2.24, 2.45) is 5.92 Å². The minimum absolute atomic E-state index is 0.00554. The zero-order valence-electron chi connectivity index (χ0n) is 13.0.